The van der Waals surface area contributed by atoms with Crippen molar-refractivity contribution in [3.05, 3.63) is 24.8 Å². The summed E-state index contributed by atoms with van der Waals surface area (Å²) in [7, 11) is 0. The fourth-order valence-corrected chi connectivity index (χ4v) is 0.651. The van der Waals surface area contributed by atoms with E-state index in [1.54, 1.807) is 12.4 Å². The summed E-state index contributed by atoms with van der Waals surface area (Å²) in [6.07, 6.45) is 5.88. The molecule has 2 aromatic heterocycles. The van der Waals surface area contributed by atoms with Crippen LogP contribution in [-0.2, 0) is 0 Å². The molecule has 43 valence electrons. The highest BCUT2D eigenvalue weighted by molar-refractivity contribution is 5.40. The lowest BCUT2D eigenvalue weighted by Crippen LogP contribution is -1.89. The number of aromatic nitrogens is 4. The molecule has 0 aliphatic rings. The molecule has 2 heterocycles. The van der Waals surface area contributed by atoms with Crippen LogP contribution in [0.25, 0.3) is 5.52 Å². The lowest BCUT2D eigenvalue weighted by molar-refractivity contribution is 0.852. The first-order chi connectivity index (χ1) is 4.47. The summed E-state index contributed by atoms with van der Waals surface area (Å²) in [5.74, 6) is 0. The van der Waals surface area contributed by atoms with E-state index in [-0.39, 0.29) is 0 Å². The predicted molar refractivity (Wildman–Crippen MR) is 29.6 cm³/mol. The van der Waals surface area contributed by atoms with E-state index in [0.717, 1.165) is 5.52 Å². The molecule has 0 saturated heterocycles. The van der Waals surface area contributed by atoms with E-state index in [0.29, 0.717) is 0 Å². The summed E-state index contributed by atoms with van der Waals surface area (Å²) in [5.41, 5.74) is 0.907. The van der Waals surface area contributed by atoms with Crippen LogP contribution in [0.4, 0.5) is 0 Å². The maximum absolute atomic E-state index is 3.88. The molecule has 4 nitrogen and oxygen atoms in total. The third kappa shape index (κ3) is 0.561. The highest BCUT2D eigenvalue weighted by atomic mass is 15.3. The molecule has 2 aromatic rings. The summed E-state index contributed by atoms with van der Waals surface area (Å²) in [6.45, 7) is 0. The maximum Gasteiger partial charge on any atom is 0.223 e. The van der Waals surface area contributed by atoms with Crippen LogP contribution < -0.4 is 0 Å². The van der Waals surface area contributed by atoms with Crippen LogP contribution in [0.2, 0.25) is 0 Å². The van der Waals surface area contributed by atoms with Gasteiger partial charge in [0.2, 0.25) is 6.33 Å². The molecule has 0 N–H and O–H groups in total. The first-order valence-electron chi connectivity index (χ1n) is 2.50. The monoisotopic (exact) mass is 119 g/mol. The minimum absolute atomic E-state index is 0.907. The second-order valence-electron chi connectivity index (χ2n) is 1.61. The second kappa shape index (κ2) is 1.51. The van der Waals surface area contributed by atoms with Crippen LogP contribution in [-0.4, -0.2) is 19.8 Å². The SMILES string of the molecule is [c]1nncc2ccnn12. The van der Waals surface area contributed by atoms with E-state index in [1.165, 1.54) is 4.52 Å². The predicted octanol–water partition coefficient (Wildman–Crippen LogP) is -0.0755. The van der Waals surface area contributed by atoms with Crippen molar-refractivity contribution >= 4 is 5.52 Å². The molecule has 0 aromatic carbocycles. The number of rotatable bonds is 0. The summed E-state index contributed by atoms with van der Waals surface area (Å²) in [4.78, 5) is 0. The molecule has 2 rings (SSSR count). The normalized spacial score (nSPS) is 10.2. The maximum atomic E-state index is 3.88. The Kier molecular flexibility index (Phi) is 0.745. The summed E-state index contributed by atoms with van der Waals surface area (Å²) >= 11 is 0. The Labute approximate surface area is 51.1 Å². The average Bonchev–Trinajstić information content (AvgIpc) is 2.33. The van der Waals surface area contributed by atoms with Crippen molar-refractivity contribution in [2.45, 2.75) is 0 Å². The molecule has 0 bridgehead atoms. The first-order valence-corrected chi connectivity index (χ1v) is 2.50. The Hall–Kier alpha value is -1.45. The van der Waals surface area contributed by atoms with E-state index < -0.39 is 0 Å². The first kappa shape index (κ1) is 4.43. The largest absolute Gasteiger partial charge is 0.223 e. The standard InChI is InChI=1S/C5H3N4/c1-2-8-9-4-7-6-3-5(1)9/h1-3H. The molecule has 0 unspecified atom stereocenters. The van der Waals surface area contributed by atoms with Crippen LogP contribution in [0.15, 0.2) is 18.5 Å². The highest BCUT2D eigenvalue weighted by Crippen LogP contribution is 1.93. The Balaban J connectivity index is 2.95. The van der Waals surface area contributed by atoms with Gasteiger partial charge in [-0.2, -0.15) is 10.2 Å². The van der Waals surface area contributed by atoms with E-state index >= 15 is 0 Å². The van der Waals surface area contributed by atoms with Crippen LogP contribution in [0, 0.1) is 6.33 Å². The summed E-state index contributed by atoms with van der Waals surface area (Å²) in [6, 6.07) is 1.84. The molecule has 0 aliphatic carbocycles. The minimum atomic E-state index is 0.907. The van der Waals surface area contributed by atoms with Gasteiger partial charge in [-0.05, 0) is 6.07 Å². The quantitative estimate of drug-likeness (QED) is 0.487. The van der Waals surface area contributed by atoms with Crippen molar-refractivity contribution in [3.63, 3.8) is 0 Å². The molecular weight excluding hydrogens is 116 g/mol. The molecule has 1 radical (unpaired) electrons. The number of hydrogen-bond acceptors (Lipinski definition) is 3. The van der Waals surface area contributed by atoms with Crippen LogP contribution in [0.3, 0.4) is 0 Å². The van der Waals surface area contributed by atoms with E-state index in [2.05, 4.69) is 21.6 Å². The zero-order chi connectivity index (χ0) is 6.10. The van der Waals surface area contributed by atoms with Crippen molar-refractivity contribution in [1.29, 1.82) is 0 Å². The third-order valence-corrected chi connectivity index (χ3v) is 1.06. The van der Waals surface area contributed by atoms with Crippen molar-refractivity contribution in [2.24, 2.45) is 0 Å². The van der Waals surface area contributed by atoms with Crippen molar-refractivity contribution in [2.75, 3.05) is 0 Å². The lowest BCUT2D eigenvalue weighted by atomic mass is 10.6. The zero-order valence-corrected chi connectivity index (χ0v) is 4.52. The molecule has 0 saturated carbocycles. The van der Waals surface area contributed by atoms with Gasteiger partial charge in [0, 0.05) is 0 Å². The van der Waals surface area contributed by atoms with Crippen LogP contribution >= 0.6 is 0 Å². The second-order valence-corrected chi connectivity index (χ2v) is 1.61. The van der Waals surface area contributed by atoms with Crippen molar-refractivity contribution in [3.8, 4) is 0 Å². The molecule has 0 aliphatic heterocycles. The smallest absolute Gasteiger partial charge is 0.209 e. The summed E-state index contributed by atoms with van der Waals surface area (Å²) in [5, 5.41) is 11.0. The summed E-state index contributed by atoms with van der Waals surface area (Å²) < 4.78 is 1.53. The topological polar surface area (TPSA) is 43.1 Å². The van der Waals surface area contributed by atoms with Crippen LogP contribution in [0.1, 0.15) is 0 Å². The van der Waals surface area contributed by atoms with Crippen molar-refractivity contribution in [1.82, 2.24) is 19.8 Å². The zero-order valence-electron chi connectivity index (χ0n) is 4.52. The van der Waals surface area contributed by atoms with Gasteiger partial charge in [-0.25, -0.2) is 4.52 Å². The van der Waals surface area contributed by atoms with Gasteiger partial charge in [-0.15, -0.1) is 5.10 Å². The van der Waals surface area contributed by atoms with Gasteiger partial charge in [0.05, 0.1) is 17.9 Å². The lowest BCUT2D eigenvalue weighted by Gasteiger charge is -1.83. The van der Waals surface area contributed by atoms with Gasteiger partial charge in [0.15, 0.2) is 0 Å². The average molecular weight is 119 g/mol. The molecule has 4 heteroatoms. The fourth-order valence-electron chi connectivity index (χ4n) is 0.651. The molecule has 0 fully saturated rings. The van der Waals surface area contributed by atoms with Crippen molar-refractivity contribution < 1.29 is 0 Å². The van der Waals surface area contributed by atoms with Gasteiger partial charge in [-0.1, -0.05) is 0 Å². The Morgan fingerprint density at radius 2 is 2.56 bits per heavy atom. The van der Waals surface area contributed by atoms with E-state index in [4.69, 9.17) is 0 Å². The molecule has 0 spiro atoms. The fraction of sp³-hybridized carbons (Fsp3) is 0. The van der Waals surface area contributed by atoms with E-state index in [1.807, 2.05) is 6.07 Å². The molecule has 9 heavy (non-hydrogen) atoms. The van der Waals surface area contributed by atoms with Gasteiger partial charge in [0.25, 0.3) is 0 Å². The third-order valence-electron chi connectivity index (χ3n) is 1.06. The van der Waals surface area contributed by atoms with Gasteiger partial charge >= 0.3 is 0 Å². The Bertz CT molecular complexity index is 283. The number of nitrogens with zero attached hydrogens (tertiary/aromatic N) is 4. The Morgan fingerprint density at radius 1 is 1.56 bits per heavy atom. The number of fused-ring (bicyclic) bond motifs is 1. The molecule has 0 atom stereocenters. The van der Waals surface area contributed by atoms with E-state index in [9.17, 15) is 0 Å². The molecule has 0 amide bonds. The van der Waals surface area contributed by atoms with Gasteiger partial charge in [0.1, 0.15) is 0 Å². The van der Waals surface area contributed by atoms with Gasteiger partial charge in [-0.3, -0.25) is 0 Å². The molecular formula is C5H3N4. The van der Waals surface area contributed by atoms with Crippen LogP contribution in [0.5, 0.6) is 0 Å². The van der Waals surface area contributed by atoms with Gasteiger partial charge < -0.3 is 0 Å². The minimum Gasteiger partial charge on any atom is -0.209 e. The highest BCUT2D eigenvalue weighted by Gasteiger charge is 1.88. The number of hydrogen-bond donors (Lipinski definition) is 0. The Morgan fingerprint density at radius 3 is 3.44 bits per heavy atom.